The van der Waals surface area contributed by atoms with E-state index in [-0.39, 0.29) is 0 Å². The Balaban J connectivity index is 1.25. The van der Waals surface area contributed by atoms with Crippen molar-refractivity contribution in [3.8, 4) is 33.4 Å². The zero-order chi connectivity index (χ0) is 32.5. The predicted molar refractivity (Wildman–Crippen MR) is 207 cm³/mol. The molecule has 230 valence electrons. The second-order valence-corrected chi connectivity index (χ2v) is 12.8. The van der Waals surface area contributed by atoms with Crippen LogP contribution in [0.3, 0.4) is 0 Å². The molecule has 48 heavy (non-hydrogen) atoms. The Hall–Kier alpha value is -5.92. The van der Waals surface area contributed by atoms with Crippen LogP contribution in [0.25, 0.3) is 54.9 Å². The fraction of sp³-hybridized carbons (Fsp3) is 0.0638. The third-order valence-electron chi connectivity index (χ3n) is 9.46. The van der Waals surface area contributed by atoms with Gasteiger partial charge in [0, 0.05) is 17.1 Å². The van der Waals surface area contributed by atoms with Gasteiger partial charge in [0.25, 0.3) is 0 Å². The van der Waals surface area contributed by atoms with Crippen LogP contribution in [-0.2, 0) is 0 Å². The van der Waals surface area contributed by atoms with Crippen molar-refractivity contribution in [2.45, 2.75) is 19.8 Å². The van der Waals surface area contributed by atoms with E-state index in [1.165, 1.54) is 60.5 Å². The monoisotopic (exact) mass is 615 g/mol. The van der Waals surface area contributed by atoms with E-state index in [1.807, 2.05) is 0 Å². The summed E-state index contributed by atoms with van der Waals surface area (Å²) >= 11 is 0. The Morgan fingerprint density at radius 1 is 0.375 bits per heavy atom. The molecular weight excluding hydrogens is 579 g/mol. The SMILES string of the molecule is CC(C)c1ccc(-c2cccc3c2c(-c2ccc(N(c4ccccc4)c4ccc(-c5ccccc5)cc4)cc2)cc2ccccc23)cc1. The molecule has 0 saturated carbocycles. The van der Waals surface area contributed by atoms with Gasteiger partial charge in [0.1, 0.15) is 0 Å². The quantitative estimate of drug-likeness (QED) is 0.161. The van der Waals surface area contributed by atoms with E-state index in [4.69, 9.17) is 0 Å². The summed E-state index contributed by atoms with van der Waals surface area (Å²) in [6.45, 7) is 4.50. The Morgan fingerprint density at radius 2 is 0.875 bits per heavy atom. The van der Waals surface area contributed by atoms with Gasteiger partial charge in [-0.15, -0.1) is 0 Å². The van der Waals surface area contributed by atoms with Crippen molar-refractivity contribution in [2.75, 3.05) is 4.90 Å². The lowest BCUT2D eigenvalue weighted by Gasteiger charge is -2.26. The predicted octanol–water partition coefficient (Wildman–Crippen LogP) is 13.6. The van der Waals surface area contributed by atoms with Crippen LogP contribution in [0, 0.1) is 0 Å². The number of anilines is 3. The van der Waals surface area contributed by atoms with E-state index >= 15 is 0 Å². The van der Waals surface area contributed by atoms with Crippen molar-refractivity contribution < 1.29 is 0 Å². The van der Waals surface area contributed by atoms with Gasteiger partial charge < -0.3 is 4.90 Å². The molecule has 0 aliphatic heterocycles. The van der Waals surface area contributed by atoms with Gasteiger partial charge in [0.2, 0.25) is 0 Å². The van der Waals surface area contributed by atoms with Gasteiger partial charge in [-0.25, -0.2) is 0 Å². The molecule has 0 radical (unpaired) electrons. The topological polar surface area (TPSA) is 3.24 Å². The first-order valence-corrected chi connectivity index (χ1v) is 16.8. The van der Waals surface area contributed by atoms with E-state index in [2.05, 4.69) is 201 Å². The van der Waals surface area contributed by atoms with Crippen LogP contribution in [0.4, 0.5) is 17.1 Å². The van der Waals surface area contributed by atoms with Crippen LogP contribution in [0.1, 0.15) is 25.3 Å². The van der Waals surface area contributed by atoms with Gasteiger partial charge in [-0.1, -0.05) is 153 Å². The minimum atomic E-state index is 0.502. The lowest BCUT2D eigenvalue weighted by Crippen LogP contribution is -2.09. The van der Waals surface area contributed by atoms with Crippen molar-refractivity contribution in [1.82, 2.24) is 0 Å². The van der Waals surface area contributed by atoms with E-state index in [0.717, 1.165) is 17.1 Å². The summed E-state index contributed by atoms with van der Waals surface area (Å²) in [7, 11) is 0. The molecule has 1 heteroatoms. The molecule has 0 spiro atoms. The van der Waals surface area contributed by atoms with Crippen LogP contribution < -0.4 is 4.90 Å². The minimum absolute atomic E-state index is 0.502. The molecule has 0 bridgehead atoms. The second kappa shape index (κ2) is 12.7. The summed E-state index contributed by atoms with van der Waals surface area (Å²) < 4.78 is 0. The van der Waals surface area contributed by atoms with E-state index < -0.39 is 0 Å². The molecular formula is C47H37N. The molecule has 0 fully saturated rings. The van der Waals surface area contributed by atoms with Gasteiger partial charge in [-0.05, 0) is 109 Å². The number of benzene rings is 8. The maximum Gasteiger partial charge on any atom is 0.0462 e. The number of hydrogen-bond donors (Lipinski definition) is 0. The summed E-state index contributed by atoms with van der Waals surface area (Å²) in [5.74, 6) is 0.502. The molecule has 0 N–H and O–H groups in total. The van der Waals surface area contributed by atoms with E-state index in [1.54, 1.807) is 0 Å². The molecule has 1 nitrogen and oxygen atoms in total. The first-order valence-electron chi connectivity index (χ1n) is 16.8. The van der Waals surface area contributed by atoms with Gasteiger partial charge in [-0.2, -0.15) is 0 Å². The lowest BCUT2D eigenvalue weighted by molar-refractivity contribution is 0.867. The van der Waals surface area contributed by atoms with Crippen molar-refractivity contribution in [1.29, 1.82) is 0 Å². The summed E-state index contributed by atoms with van der Waals surface area (Å²) in [6.07, 6.45) is 0. The van der Waals surface area contributed by atoms with E-state index in [9.17, 15) is 0 Å². The molecule has 0 atom stereocenters. The van der Waals surface area contributed by atoms with Crippen molar-refractivity contribution in [2.24, 2.45) is 0 Å². The van der Waals surface area contributed by atoms with Gasteiger partial charge in [0.15, 0.2) is 0 Å². The maximum absolute atomic E-state index is 2.37. The van der Waals surface area contributed by atoms with Crippen LogP contribution in [0.5, 0.6) is 0 Å². The Kier molecular flexibility index (Phi) is 7.80. The highest BCUT2D eigenvalue weighted by atomic mass is 15.1. The van der Waals surface area contributed by atoms with Crippen LogP contribution in [0.15, 0.2) is 182 Å². The molecule has 0 heterocycles. The van der Waals surface area contributed by atoms with Crippen molar-refractivity contribution in [3.05, 3.63) is 188 Å². The Labute approximate surface area is 283 Å². The summed E-state index contributed by atoms with van der Waals surface area (Å²) in [4.78, 5) is 2.33. The fourth-order valence-corrected chi connectivity index (χ4v) is 6.93. The zero-order valence-corrected chi connectivity index (χ0v) is 27.3. The highest BCUT2D eigenvalue weighted by molar-refractivity contribution is 6.18. The first kappa shape index (κ1) is 29.5. The largest absolute Gasteiger partial charge is 0.311 e. The number of para-hydroxylation sites is 1. The number of rotatable bonds is 7. The highest BCUT2D eigenvalue weighted by Crippen LogP contribution is 2.42. The summed E-state index contributed by atoms with van der Waals surface area (Å²) in [6, 6.07) is 66.1. The molecule has 0 amide bonds. The molecule has 0 aliphatic carbocycles. The Bertz CT molecular complexity index is 2320. The van der Waals surface area contributed by atoms with Crippen molar-refractivity contribution in [3.63, 3.8) is 0 Å². The van der Waals surface area contributed by atoms with Crippen LogP contribution >= 0.6 is 0 Å². The molecule has 0 aliphatic rings. The average Bonchev–Trinajstić information content (AvgIpc) is 3.16. The zero-order valence-electron chi connectivity index (χ0n) is 27.3. The van der Waals surface area contributed by atoms with Gasteiger partial charge in [0.05, 0.1) is 0 Å². The first-order chi connectivity index (χ1) is 23.6. The summed E-state index contributed by atoms with van der Waals surface area (Å²) in [5, 5.41) is 5.10. The minimum Gasteiger partial charge on any atom is -0.311 e. The highest BCUT2D eigenvalue weighted by Gasteiger charge is 2.16. The smallest absolute Gasteiger partial charge is 0.0462 e. The van der Waals surface area contributed by atoms with Gasteiger partial charge in [-0.3, -0.25) is 0 Å². The second-order valence-electron chi connectivity index (χ2n) is 12.8. The Morgan fingerprint density at radius 3 is 1.54 bits per heavy atom. The maximum atomic E-state index is 2.37. The molecule has 8 aromatic rings. The van der Waals surface area contributed by atoms with Crippen molar-refractivity contribution >= 4 is 38.6 Å². The fourth-order valence-electron chi connectivity index (χ4n) is 6.93. The molecule has 0 unspecified atom stereocenters. The normalized spacial score (nSPS) is 11.3. The third-order valence-corrected chi connectivity index (χ3v) is 9.46. The number of fused-ring (bicyclic) bond motifs is 3. The standard InChI is InChI=1S/C47H37N/c1-33(2)34-20-22-37(23-21-34)44-18-11-19-45-43-17-10-9-14-39(43)32-46(47(44)45)38-26-30-42(31-27-38)48(40-15-7-4-8-16-40)41-28-24-36(25-29-41)35-12-5-3-6-13-35/h3-33H,1-2H3. The van der Waals surface area contributed by atoms with Crippen LogP contribution in [-0.4, -0.2) is 0 Å². The number of hydrogen-bond acceptors (Lipinski definition) is 1. The molecule has 0 saturated heterocycles. The molecule has 8 aromatic carbocycles. The molecule has 0 aromatic heterocycles. The summed E-state index contributed by atoms with van der Waals surface area (Å²) in [5.41, 5.74) is 12.1. The van der Waals surface area contributed by atoms with Gasteiger partial charge >= 0.3 is 0 Å². The van der Waals surface area contributed by atoms with E-state index in [0.29, 0.717) is 5.92 Å². The van der Waals surface area contributed by atoms with Crippen LogP contribution in [0.2, 0.25) is 0 Å². The lowest BCUT2D eigenvalue weighted by atomic mass is 9.88. The molecule has 8 rings (SSSR count). The average molecular weight is 616 g/mol. The third kappa shape index (κ3) is 5.54. The number of nitrogens with zero attached hydrogens (tertiary/aromatic N) is 1.